The molecule has 0 bridgehead atoms. The highest BCUT2D eigenvalue weighted by atomic mass is 79.9. The number of anilines is 2. The van der Waals surface area contributed by atoms with Crippen molar-refractivity contribution in [2.24, 2.45) is 5.84 Å². The molecule has 0 aliphatic carbocycles. The largest absolute Gasteiger partial charge is 0.322 e. The van der Waals surface area contributed by atoms with Gasteiger partial charge < -0.3 is 10.7 Å². The fourth-order valence-electron chi connectivity index (χ4n) is 1.50. The van der Waals surface area contributed by atoms with Crippen LogP contribution in [0.5, 0.6) is 0 Å². The number of carbonyl (C=O) groups excluding carboxylic acids is 1. The number of hydrogen-bond donors (Lipinski definition) is 3. The number of halogens is 3. The third kappa shape index (κ3) is 3.33. The molecular formula is C12H9Br2FN4O. The van der Waals surface area contributed by atoms with Crippen molar-refractivity contribution in [3.05, 3.63) is 50.8 Å². The fraction of sp³-hybridized carbons (Fsp3) is 0. The van der Waals surface area contributed by atoms with E-state index in [2.05, 4.69) is 47.6 Å². The van der Waals surface area contributed by atoms with Crippen LogP contribution in [0.3, 0.4) is 0 Å². The average molecular weight is 404 g/mol. The molecule has 20 heavy (non-hydrogen) atoms. The molecule has 1 heterocycles. The van der Waals surface area contributed by atoms with E-state index in [9.17, 15) is 9.18 Å². The van der Waals surface area contributed by atoms with Crippen molar-refractivity contribution in [1.29, 1.82) is 0 Å². The summed E-state index contributed by atoms with van der Waals surface area (Å²) in [4.78, 5) is 16.1. The molecule has 8 heteroatoms. The predicted octanol–water partition coefficient (Wildman–Crippen LogP) is 3.28. The van der Waals surface area contributed by atoms with Crippen LogP contribution in [0.25, 0.3) is 0 Å². The van der Waals surface area contributed by atoms with E-state index in [0.717, 1.165) is 0 Å². The Labute approximate surface area is 131 Å². The van der Waals surface area contributed by atoms with Crippen LogP contribution in [0, 0.1) is 5.82 Å². The first-order valence-electron chi connectivity index (χ1n) is 5.40. The smallest absolute Gasteiger partial charge is 0.259 e. The Morgan fingerprint density at radius 3 is 2.70 bits per heavy atom. The monoisotopic (exact) mass is 402 g/mol. The van der Waals surface area contributed by atoms with Gasteiger partial charge in [0.1, 0.15) is 5.82 Å². The van der Waals surface area contributed by atoms with Gasteiger partial charge in [0.25, 0.3) is 5.91 Å². The Kier molecular flexibility index (Phi) is 4.69. The topological polar surface area (TPSA) is 80.0 Å². The van der Waals surface area contributed by atoms with Crippen LogP contribution < -0.4 is 16.6 Å². The van der Waals surface area contributed by atoms with Crippen LogP contribution in [0.2, 0.25) is 0 Å². The van der Waals surface area contributed by atoms with Crippen LogP contribution in [0.15, 0.2) is 39.4 Å². The van der Waals surface area contributed by atoms with E-state index < -0.39 is 11.7 Å². The summed E-state index contributed by atoms with van der Waals surface area (Å²) in [5.41, 5.74) is 3.06. The predicted molar refractivity (Wildman–Crippen MR) is 81.8 cm³/mol. The first-order chi connectivity index (χ1) is 9.51. The summed E-state index contributed by atoms with van der Waals surface area (Å²) in [5.74, 6) is 4.74. The van der Waals surface area contributed by atoms with Gasteiger partial charge in [0.05, 0.1) is 10.0 Å². The van der Waals surface area contributed by atoms with Gasteiger partial charge in [0, 0.05) is 16.4 Å². The second-order valence-corrected chi connectivity index (χ2v) is 5.55. The lowest BCUT2D eigenvalue weighted by Crippen LogP contribution is -2.18. The van der Waals surface area contributed by atoms with Crippen molar-refractivity contribution in [2.45, 2.75) is 0 Å². The minimum absolute atomic E-state index is 0.242. The van der Waals surface area contributed by atoms with Crippen LogP contribution >= 0.6 is 31.9 Å². The number of pyridine rings is 1. The van der Waals surface area contributed by atoms with E-state index in [1.165, 1.54) is 24.4 Å². The molecule has 0 fully saturated rings. The van der Waals surface area contributed by atoms with Crippen molar-refractivity contribution in [1.82, 2.24) is 4.98 Å². The van der Waals surface area contributed by atoms with Crippen molar-refractivity contribution in [3.8, 4) is 0 Å². The molecule has 0 aliphatic heterocycles. The number of rotatable bonds is 3. The lowest BCUT2D eigenvalue weighted by atomic mass is 10.2. The van der Waals surface area contributed by atoms with E-state index in [4.69, 9.17) is 5.84 Å². The number of hydrogen-bond acceptors (Lipinski definition) is 4. The standard InChI is InChI=1S/C12H9Br2FN4O/c13-6-3-8(11(19-16)17-5-6)12(20)18-7-1-2-10(15)9(14)4-7/h1-5H,16H2,(H,17,19)(H,18,20). The summed E-state index contributed by atoms with van der Waals surface area (Å²) in [7, 11) is 0. The Hall–Kier alpha value is -1.51. The van der Waals surface area contributed by atoms with Gasteiger partial charge in [-0.3, -0.25) is 4.79 Å². The number of carbonyl (C=O) groups is 1. The maximum Gasteiger partial charge on any atom is 0.259 e. The molecule has 104 valence electrons. The lowest BCUT2D eigenvalue weighted by Gasteiger charge is -2.09. The number of nitrogen functional groups attached to an aromatic ring is 1. The van der Waals surface area contributed by atoms with Crippen molar-refractivity contribution < 1.29 is 9.18 Å². The Bertz CT molecular complexity index is 666. The van der Waals surface area contributed by atoms with Gasteiger partial charge in [-0.2, -0.15) is 0 Å². The van der Waals surface area contributed by atoms with Gasteiger partial charge in [-0.15, -0.1) is 0 Å². The highest BCUT2D eigenvalue weighted by molar-refractivity contribution is 9.10. The molecule has 1 amide bonds. The van der Waals surface area contributed by atoms with E-state index in [0.29, 0.717) is 10.2 Å². The summed E-state index contributed by atoms with van der Waals surface area (Å²) in [6.07, 6.45) is 1.51. The number of nitrogens with one attached hydrogen (secondary N) is 2. The minimum atomic E-state index is -0.412. The van der Waals surface area contributed by atoms with Gasteiger partial charge in [0.2, 0.25) is 0 Å². The Morgan fingerprint density at radius 2 is 2.05 bits per heavy atom. The molecule has 1 aromatic carbocycles. The van der Waals surface area contributed by atoms with Crippen LogP contribution in [-0.4, -0.2) is 10.9 Å². The second-order valence-electron chi connectivity index (χ2n) is 3.78. The van der Waals surface area contributed by atoms with Crippen molar-refractivity contribution in [3.63, 3.8) is 0 Å². The molecule has 0 atom stereocenters. The number of nitrogens with zero attached hydrogens (tertiary/aromatic N) is 1. The molecule has 0 saturated carbocycles. The molecule has 0 saturated heterocycles. The molecule has 5 nitrogen and oxygen atoms in total. The zero-order chi connectivity index (χ0) is 14.7. The van der Waals surface area contributed by atoms with Gasteiger partial charge >= 0.3 is 0 Å². The maximum atomic E-state index is 13.1. The third-order valence-corrected chi connectivity index (χ3v) is 3.45. The van der Waals surface area contributed by atoms with E-state index in [1.54, 1.807) is 6.07 Å². The van der Waals surface area contributed by atoms with Crippen LogP contribution in [0.4, 0.5) is 15.9 Å². The summed E-state index contributed by atoms with van der Waals surface area (Å²) < 4.78 is 14.0. The summed E-state index contributed by atoms with van der Waals surface area (Å²) in [6.45, 7) is 0. The molecule has 0 unspecified atom stereocenters. The summed E-state index contributed by atoms with van der Waals surface area (Å²) in [6, 6.07) is 5.75. The SMILES string of the molecule is NNc1ncc(Br)cc1C(=O)Nc1ccc(F)c(Br)c1. The molecule has 2 aromatic rings. The minimum Gasteiger partial charge on any atom is -0.322 e. The molecule has 4 N–H and O–H groups in total. The van der Waals surface area contributed by atoms with Gasteiger partial charge in [-0.1, -0.05) is 0 Å². The molecule has 2 rings (SSSR count). The molecule has 0 radical (unpaired) electrons. The van der Waals surface area contributed by atoms with Crippen LogP contribution in [-0.2, 0) is 0 Å². The second kappa shape index (κ2) is 6.29. The summed E-state index contributed by atoms with van der Waals surface area (Å²) >= 11 is 6.29. The van der Waals surface area contributed by atoms with Crippen LogP contribution in [0.1, 0.15) is 10.4 Å². The Morgan fingerprint density at radius 1 is 1.30 bits per heavy atom. The molecule has 1 aromatic heterocycles. The zero-order valence-corrected chi connectivity index (χ0v) is 13.1. The number of aromatic nitrogens is 1. The van der Waals surface area contributed by atoms with Gasteiger partial charge in [0.15, 0.2) is 5.82 Å². The van der Waals surface area contributed by atoms with Gasteiger partial charge in [-0.05, 0) is 56.1 Å². The highest BCUT2D eigenvalue weighted by Crippen LogP contribution is 2.22. The van der Waals surface area contributed by atoms with E-state index >= 15 is 0 Å². The van der Waals surface area contributed by atoms with Crippen molar-refractivity contribution in [2.75, 3.05) is 10.7 Å². The summed E-state index contributed by atoms with van der Waals surface area (Å²) in [5, 5.41) is 2.64. The third-order valence-electron chi connectivity index (χ3n) is 2.41. The average Bonchev–Trinajstić information content (AvgIpc) is 2.43. The van der Waals surface area contributed by atoms with E-state index in [1.807, 2.05) is 0 Å². The highest BCUT2D eigenvalue weighted by Gasteiger charge is 2.13. The van der Waals surface area contributed by atoms with Gasteiger partial charge in [-0.25, -0.2) is 15.2 Å². The zero-order valence-electron chi connectivity index (χ0n) is 9.95. The number of nitrogens with two attached hydrogens (primary N) is 1. The first-order valence-corrected chi connectivity index (χ1v) is 6.98. The quantitative estimate of drug-likeness (QED) is 0.542. The lowest BCUT2D eigenvalue weighted by molar-refractivity contribution is 0.102. The first kappa shape index (κ1) is 14.9. The van der Waals surface area contributed by atoms with E-state index in [-0.39, 0.29) is 15.9 Å². The molecule has 0 aliphatic rings. The Balaban J connectivity index is 2.27. The normalized spacial score (nSPS) is 10.2. The van der Waals surface area contributed by atoms with Crippen molar-refractivity contribution >= 4 is 49.3 Å². The maximum absolute atomic E-state index is 13.1. The number of amides is 1. The molecular weight excluding hydrogens is 395 g/mol. The number of hydrazine groups is 1. The fourth-order valence-corrected chi connectivity index (χ4v) is 2.21. The molecule has 0 spiro atoms. The number of benzene rings is 1.